The summed E-state index contributed by atoms with van der Waals surface area (Å²) in [6.45, 7) is 0. The van der Waals surface area contributed by atoms with Crippen LogP contribution in [0.4, 0.5) is 0 Å². The number of aromatic nitrogens is 6. The Morgan fingerprint density at radius 3 is 1.85 bits per heavy atom. The van der Waals surface area contributed by atoms with Crippen molar-refractivity contribution in [1.82, 2.24) is 28.7 Å². The zero-order valence-corrected chi connectivity index (χ0v) is 28.3. The van der Waals surface area contributed by atoms with Gasteiger partial charge in [-0.15, -0.1) is 0 Å². The molecule has 11 aromatic rings. The molecule has 0 unspecified atom stereocenters. The molecule has 0 amide bonds. The fourth-order valence-corrected chi connectivity index (χ4v) is 7.67. The second-order valence-electron chi connectivity index (χ2n) is 13.1. The van der Waals surface area contributed by atoms with Gasteiger partial charge in [-0.3, -0.25) is 13.8 Å². The van der Waals surface area contributed by atoms with Crippen molar-refractivity contribution in [3.63, 3.8) is 0 Å². The lowest BCUT2D eigenvalue weighted by molar-refractivity contribution is 0.484. The van der Waals surface area contributed by atoms with E-state index >= 15 is 0 Å². The summed E-state index contributed by atoms with van der Waals surface area (Å²) in [6.07, 6.45) is 5.78. The molecule has 0 radical (unpaired) electrons. The van der Waals surface area contributed by atoms with Gasteiger partial charge in [0.2, 0.25) is 0 Å². The summed E-state index contributed by atoms with van der Waals surface area (Å²) < 4.78 is 11.0. The van der Waals surface area contributed by atoms with E-state index in [1.807, 2.05) is 67.0 Å². The van der Waals surface area contributed by atoms with Crippen molar-refractivity contribution >= 4 is 54.9 Å². The Morgan fingerprint density at radius 2 is 1.09 bits per heavy atom. The standard InChI is InChI=1S/C46H28N6O/c1-4-12-29(13-5-1)39-28-51-40-19-11-24-47-42(40)35-23-21-33(27-38(35)45(51)49-39)53-32-20-22-34-36-18-10-25-48-44(36)52-43(31-16-8-3-9-17-31)41(30-14-6-2-7-15-30)50-46(52)37(34)26-32/h1-28H. The molecule has 53 heavy (non-hydrogen) atoms. The molecule has 5 aromatic carbocycles. The minimum absolute atomic E-state index is 0.704. The van der Waals surface area contributed by atoms with Crippen LogP contribution in [0.5, 0.6) is 11.5 Å². The number of fused-ring (bicyclic) bond motifs is 12. The number of benzene rings is 5. The van der Waals surface area contributed by atoms with Crippen molar-refractivity contribution in [2.45, 2.75) is 0 Å². The van der Waals surface area contributed by atoms with Crippen molar-refractivity contribution in [3.8, 4) is 45.3 Å². The lowest BCUT2D eigenvalue weighted by Crippen LogP contribution is -1.97. The normalized spacial score (nSPS) is 11.8. The van der Waals surface area contributed by atoms with Crippen LogP contribution in [-0.2, 0) is 0 Å². The number of imidazole rings is 2. The van der Waals surface area contributed by atoms with E-state index in [-0.39, 0.29) is 0 Å². The number of hydrogen-bond acceptors (Lipinski definition) is 5. The van der Waals surface area contributed by atoms with Crippen LogP contribution in [0.2, 0.25) is 0 Å². The average Bonchev–Trinajstić information content (AvgIpc) is 3.87. The van der Waals surface area contributed by atoms with Gasteiger partial charge in [-0.05, 0) is 66.0 Å². The molecule has 0 saturated heterocycles. The molecule has 0 fully saturated rings. The molecule has 0 saturated carbocycles. The van der Waals surface area contributed by atoms with Gasteiger partial charge in [-0.2, -0.15) is 0 Å². The fourth-order valence-electron chi connectivity index (χ4n) is 7.67. The quantitative estimate of drug-likeness (QED) is 0.169. The number of nitrogens with zero attached hydrogens (tertiary/aromatic N) is 6. The number of rotatable bonds is 5. The molecule has 7 heteroatoms. The molecule has 0 atom stereocenters. The maximum atomic E-state index is 6.70. The Bertz CT molecular complexity index is 3190. The van der Waals surface area contributed by atoms with Crippen molar-refractivity contribution in [2.75, 3.05) is 0 Å². The maximum absolute atomic E-state index is 6.70. The Hall–Kier alpha value is -7.38. The van der Waals surface area contributed by atoms with E-state index < -0.39 is 0 Å². The van der Waals surface area contributed by atoms with Gasteiger partial charge < -0.3 is 4.74 Å². The van der Waals surface area contributed by atoms with E-state index in [1.165, 1.54) is 0 Å². The number of pyridine rings is 4. The van der Waals surface area contributed by atoms with Crippen LogP contribution in [0.1, 0.15) is 0 Å². The van der Waals surface area contributed by atoms with Crippen LogP contribution in [0, 0.1) is 0 Å². The lowest BCUT2D eigenvalue weighted by Gasteiger charge is -2.13. The minimum atomic E-state index is 0.704. The molecule has 0 aliphatic rings. The molecule has 11 rings (SSSR count). The van der Waals surface area contributed by atoms with Gasteiger partial charge in [-0.25, -0.2) is 15.0 Å². The first-order chi connectivity index (χ1) is 26.3. The van der Waals surface area contributed by atoms with Gasteiger partial charge >= 0.3 is 0 Å². The summed E-state index contributed by atoms with van der Waals surface area (Å²) >= 11 is 0. The predicted molar refractivity (Wildman–Crippen MR) is 212 cm³/mol. The van der Waals surface area contributed by atoms with Crippen LogP contribution >= 0.6 is 0 Å². The Kier molecular flexibility index (Phi) is 6.42. The van der Waals surface area contributed by atoms with Crippen LogP contribution < -0.4 is 4.74 Å². The molecular formula is C46H28N6O. The zero-order chi connectivity index (χ0) is 34.9. The topological polar surface area (TPSA) is 69.6 Å². The number of ether oxygens (including phenoxy) is 1. The van der Waals surface area contributed by atoms with Gasteiger partial charge in [0.25, 0.3) is 0 Å². The highest BCUT2D eigenvalue weighted by Crippen LogP contribution is 2.40. The zero-order valence-electron chi connectivity index (χ0n) is 28.3. The van der Waals surface area contributed by atoms with Crippen LogP contribution in [0.15, 0.2) is 170 Å². The monoisotopic (exact) mass is 680 g/mol. The van der Waals surface area contributed by atoms with Crippen LogP contribution in [0.25, 0.3) is 88.7 Å². The molecule has 248 valence electrons. The predicted octanol–water partition coefficient (Wildman–Crippen LogP) is 11.2. The highest BCUT2D eigenvalue weighted by atomic mass is 16.5. The van der Waals surface area contributed by atoms with Crippen molar-refractivity contribution < 1.29 is 4.74 Å². The van der Waals surface area contributed by atoms with Crippen molar-refractivity contribution in [2.24, 2.45) is 0 Å². The lowest BCUT2D eigenvalue weighted by atomic mass is 10.0. The highest BCUT2D eigenvalue weighted by molar-refractivity contribution is 6.13. The largest absolute Gasteiger partial charge is 0.457 e. The average molecular weight is 681 g/mol. The molecule has 0 N–H and O–H groups in total. The van der Waals surface area contributed by atoms with Crippen LogP contribution in [0.3, 0.4) is 0 Å². The van der Waals surface area contributed by atoms with Gasteiger partial charge in [0.1, 0.15) is 28.4 Å². The summed E-state index contributed by atoms with van der Waals surface area (Å²) in [4.78, 5) is 20.2. The molecule has 6 heterocycles. The molecule has 0 spiro atoms. The molecule has 0 aliphatic heterocycles. The van der Waals surface area contributed by atoms with E-state index in [9.17, 15) is 0 Å². The highest BCUT2D eigenvalue weighted by Gasteiger charge is 2.22. The Balaban J connectivity index is 1.12. The molecule has 0 bridgehead atoms. The van der Waals surface area contributed by atoms with E-state index in [1.54, 1.807) is 0 Å². The second kappa shape index (κ2) is 11.6. The van der Waals surface area contributed by atoms with Gasteiger partial charge in [-0.1, -0.05) is 91.0 Å². The summed E-state index contributed by atoms with van der Waals surface area (Å²) in [7, 11) is 0. The summed E-state index contributed by atoms with van der Waals surface area (Å²) in [5.41, 5.74) is 10.4. The second-order valence-corrected chi connectivity index (χ2v) is 13.1. The molecular weight excluding hydrogens is 653 g/mol. The van der Waals surface area contributed by atoms with Gasteiger partial charge in [0.15, 0.2) is 0 Å². The minimum Gasteiger partial charge on any atom is -0.457 e. The first-order valence-electron chi connectivity index (χ1n) is 17.5. The summed E-state index contributed by atoms with van der Waals surface area (Å²) in [6, 6.07) is 51.6. The third kappa shape index (κ3) is 4.61. The first-order valence-corrected chi connectivity index (χ1v) is 17.5. The first kappa shape index (κ1) is 29.4. The van der Waals surface area contributed by atoms with Crippen molar-refractivity contribution in [1.29, 1.82) is 0 Å². The Morgan fingerprint density at radius 1 is 0.453 bits per heavy atom. The SMILES string of the molecule is c1ccc(-c2cn3c4cccnc4c4ccc(Oc5ccc6c7cccnc7n7c(-c8ccccc8)c(-c8ccccc8)nc7c6c5)cc4c3n2)cc1. The van der Waals surface area contributed by atoms with E-state index in [0.29, 0.717) is 11.5 Å². The van der Waals surface area contributed by atoms with Crippen molar-refractivity contribution in [3.05, 3.63) is 170 Å². The summed E-state index contributed by atoms with van der Waals surface area (Å²) in [5.74, 6) is 1.41. The van der Waals surface area contributed by atoms with Crippen LogP contribution in [-0.4, -0.2) is 28.7 Å². The van der Waals surface area contributed by atoms with E-state index in [0.717, 1.165) is 88.7 Å². The Labute approximate surface area is 303 Å². The van der Waals surface area contributed by atoms with Gasteiger partial charge in [0, 0.05) is 56.8 Å². The molecule has 0 aliphatic carbocycles. The molecule has 6 aromatic heterocycles. The summed E-state index contributed by atoms with van der Waals surface area (Å²) in [5, 5.41) is 5.05. The third-order valence-corrected chi connectivity index (χ3v) is 10.0. The third-order valence-electron chi connectivity index (χ3n) is 10.0. The van der Waals surface area contributed by atoms with Gasteiger partial charge in [0.05, 0.1) is 28.1 Å². The smallest absolute Gasteiger partial charge is 0.147 e. The number of hydrogen-bond donors (Lipinski definition) is 0. The molecule has 7 nitrogen and oxygen atoms in total. The van der Waals surface area contributed by atoms with E-state index in [2.05, 4.69) is 112 Å². The van der Waals surface area contributed by atoms with E-state index in [4.69, 9.17) is 24.7 Å². The fraction of sp³-hybridized carbons (Fsp3) is 0. The maximum Gasteiger partial charge on any atom is 0.147 e.